The van der Waals surface area contributed by atoms with Crippen molar-refractivity contribution in [1.82, 2.24) is 14.8 Å². The summed E-state index contributed by atoms with van der Waals surface area (Å²) in [6.45, 7) is 1.94. The third-order valence-electron chi connectivity index (χ3n) is 5.06. The van der Waals surface area contributed by atoms with E-state index in [1.807, 2.05) is 49.4 Å². The van der Waals surface area contributed by atoms with Gasteiger partial charge in [-0.05, 0) is 31.9 Å². The van der Waals surface area contributed by atoms with Crippen LogP contribution in [-0.4, -0.2) is 25.8 Å². The highest BCUT2D eigenvalue weighted by molar-refractivity contribution is 8.00. The number of Topliss-reactive ketones (excluding diaryl/α,β-unsaturated/α-hetero) is 1. The first-order chi connectivity index (χ1) is 13.2. The zero-order valence-corrected chi connectivity index (χ0v) is 16.2. The number of carbonyl (C=O) groups excluding carboxylic acids is 1. The Balaban J connectivity index is 1.63. The van der Waals surface area contributed by atoms with Gasteiger partial charge in [-0.15, -0.1) is 10.2 Å². The molecule has 4 rings (SSSR count). The van der Waals surface area contributed by atoms with Gasteiger partial charge in [0.25, 0.3) is 0 Å². The van der Waals surface area contributed by atoms with Crippen LogP contribution in [0.5, 0.6) is 0 Å². The predicted molar refractivity (Wildman–Crippen MR) is 106 cm³/mol. The molecule has 0 bridgehead atoms. The Hall–Kier alpha value is -2.34. The maximum atomic E-state index is 12.8. The third-order valence-corrected chi connectivity index (χ3v) is 6.11. The minimum Gasteiger partial charge on any atom is -0.461 e. The molecule has 1 saturated carbocycles. The van der Waals surface area contributed by atoms with Crippen molar-refractivity contribution in [2.24, 2.45) is 0 Å². The Morgan fingerprint density at radius 3 is 2.59 bits per heavy atom. The van der Waals surface area contributed by atoms with Crippen molar-refractivity contribution in [2.45, 2.75) is 55.5 Å². The summed E-state index contributed by atoms with van der Waals surface area (Å²) in [6, 6.07) is 13.6. The van der Waals surface area contributed by atoms with Crippen LogP contribution < -0.4 is 0 Å². The first-order valence-electron chi connectivity index (χ1n) is 9.48. The summed E-state index contributed by atoms with van der Waals surface area (Å²) in [7, 11) is 0. The molecular formula is C21H23N3O2S. The van der Waals surface area contributed by atoms with Crippen molar-refractivity contribution < 1.29 is 9.21 Å². The van der Waals surface area contributed by atoms with Crippen LogP contribution in [0.3, 0.4) is 0 Å². The highest BCUT2D eigenvalue weighted by atomic mass is 32.2. The molecule has 2 heterocycles. The van der Waals surface area contributed by atoms with E-state index in [9.17, 15) is 4.79 Å². The van der Waals surface area contributed by atoms with Crippen molar-refractivity contribution in [3.63, 3.8) is 0 Å². The summed E-state index contributed by atoms with van der Waals surface area (Å²) in [5.41, 5.74) is 0.729. The topological polar surface area (TPSA) is 60.9 Å². The van der Waals surface area contributed by atoms with E-state index in [4.69, 9.17) is 4.42 Å². The van der Waals surface area contributed by atoms with Crippen LogP contribution in [0.25, 0.3) is 11.6 Å². The zero-order valence-electron chi connectivity index (χ0n) is 15.4. The molecule has 140 valence electrons. The highest BCUT2D eigenvalue weighted by Crippen LogP contribution is 2.37. The Labute approximate surface area is 163 Å². The maximum absolute atomic E-state index is 12.8. The quantitative estimate of drug-likeness (QED) is 0.422. The monoisotopic (exact) mass is 381 g/mol. The third kappa shape index (κ3) is 3.86. The SMILES string of the molecule is CC(Sc1nnc(-c2ccco2)n1C1CCCCC1)C(=O)c1ccccc1. The average Bonchev–Trinajstić information content (AvgIpc) is 3.38. The van der Waals surface area contributed by atoms with Crippen LogP contribution in [0.2, 0.25) is 0 Å². The molecule has 2 aromatic heterocycles. The molecule has 6 heteroatoms. The summed E-state index contributed by atoms with van der Waals surface area (Å²) in [6.07, 6.45) is 7.58. The van der Waals surface area contributed by atoms with E-state index in [-0.39, 0.29) is 11.0 Å². The number of benzene rings is 1. The molecule has 5 nitrogen and oxygen atoms in total. The number of furan rings is 1. The molecule has 0 radical (unpaired) electrons. The molecule has 0 spiro atoms. The molecule has 0 saturated heterocycles. The van der Waals surface area contributed by atoms with Crippen molar-refractivity contribution in [3.8, 4) is 11.6 Å². The molecule has 1 aromatic carbocycles. The lowest BCUT2D eigenvalue weighted by atomic mass is 9.95. The summed E-state index contributed by atoms with van der Waals surface area (Å²) < 4.78 is 7.78. The second-order valence-electron chi connectivity index (χ2n) is 6.94. The van der Waals surface area contributed by atoms with Gasteiger partial charge in [-0.1, -0.05) is 61.4 Å². The van der Waals surface area contributed by atoms with Crippen molar-refractivity contribution in [3.05, 3.63) is 54.3 Å². The van der Waals surface area contributed by atoms with Crippen LogP contribution in [0.4, 0.5) is 0 Å². The molecule has 0 N–H and O–H groups in total. The first kappa shape index (κ1) is 18.0. The van der Waals surface area contributed by atoms with E-state index in [1.54, 1.807) is 6.26 Å². The van der Waals surface area contributed by atoms with E-state index in [2.05, 4.69) is 14.8 Å². The summed E-state index contributed by atoms with van der Waals surface area (Å²) in [5, 5.41) is 9.40. The van der Waals surface area contributed by atoms with Gasteiger partial charge in [0.15, 0.2) is 16.7 Å². The fourth-order valence-electron chi connectivity index (χ4n) is 3.65. The smallest absolute Gasteiger partial charge is 0.200 e. The maximum Gasteiger partial charge on any atom is 0.200 e. The largest absolute Gasteiger partial charge is 0.461 e. The average molecular weight is 382 g/mol. The lowest BCUT2D eigenvalue weighted by molar-refractivity contribution is 0.0994. The lowest BCUT2D eigenvalue weighted by Gasteiger charge is -2.25. The number of carbonyl (C=O) groups is 1. The predicted octanol–water partition coefficient (Wildman–Crippen LogP) is 5.41. The van der Waals surface area contributed by atoms with Crippen LogP contribution in [0, 0.1) is 0 Å². The Morgan fingerprint density at radius 1 is 1.11 bits per heavy atom. The molecule has 1 unspecified atom stereocenters. The van der Waals surface area contributed by atoms with Crippen molar-refractivity contribution in [1.29, 1.82) is 0 Å². The summed E-state index contributed by atoms with van der Waals surface area (Å²) in [5.74, 6) is 1.59. The first-order valence-corrected chi connectivity index (χ1v) is 10.4. The van der Waals surface area contributed by atoms with E-state index < -0.39 is 0 Å². The minimum absolute atomic E-state index is 0.110. The van der Waals surface area contributed by atoms with Gasteiger partial charge in [-0.3, -0.25) is 9.36 Å². The number of thioether (sulfide) groups is 1. The molecule has 0 aliphatic heterocycles. The Kier molecular flexibility index (Phi) is 5.43. The van der Waals surface area contributed by atoms with Gasteiger partial charge in [0.05, 0.1) is 11.5 Å². The fourth-order valence-corrected chi connectivity index (χ4v) is 4.64. The van der Waals surface area contributed by atoms with Crippen LogP contribution in [0.1, 0.15) is 55.4 Å². The van der Waals surface area contributed by atoms with Gasteiger partial charge in [0, 0.05) is 11.6 Å². The van der Waals surface area contributed by atoms with Gasteiger partial charge in [0.1, 0.15) is 0 Å². The molecule has 27 heavy (non-hydrogen) atoms. The number of ketones is 1. The van der Waals surface area contributed by atoms with Gasteiger partial charge in [-0.25, -0.2) is 0 Å². The van der Waals surface area contributed by atoms with E-state index in [0.29, 0.717) is 6.04 Å². The van der Waals surface area contributed by atoms with Gasteiger partial charge in [-0.2, -0.15) is 0 Å². The molecule has 1 aliphatic rings. The summed E-state index contributed by atoms with van der Waals surface area (Å²) >= 11 is 1.48. The van der Waals surface area contributed by atoms with E-state index in [1.165, 1.54) is 31.0 Å². The molecule has 3 aromatic rings. The van der Waals surface area contributed by atoms with Crippen LogP contribution in [0.15, 0.2) is 58.3 Å². The summed E-state index contributed by atoms with van der Waals surface area (Å²) in [4.78, 5) is 12.8. The van der Waals surface area contributed by atoms with Crippen molar-refractivity contribution >= 4 is 17.5 Å². The highest BCUT2D eigenvalue weighted by Gasteiger charge is 2.27. The standard InChI is InChI=1S/C21H23N3O2S/c1-15(19(25)16-9-4-2-5-10-16)27-21-23-22-20(18-13-8-14-26-18)24(21)17-11-6-3-7-12-17/h2,4-5,8-10,13-15,17H,3,6-7,11-12H2,1H3. The number of nitrogens with zero attached hydrogens (tertiary/aromatic N) is 3. The molecule has 1 fully saturated rings. The molecule has 1 aliphatic carbocycles. The van der Waals surface area contributed by atoms with Crippen molar-refractivity contribution in [2.75, 3.05) is 0 Å². The number of rotatable bonds is 6. The minimum atomic E-state index is -0.233. The van der Waals surface area contributed by atoms with Crippen LogP contribution in [-0.2, 0) is 0 Å². The fraction of sp³-hybridized carbons (Fsp3) is 0.381. The van der Waals surface area contributed by atoms with Gasteiger partial charge in [0.2, 0.25) is 5.82 Å². The zero-order chi connectivity index (χ0) is 18.6. The number of aromatic nitrogens is 3. The van der Waals surface area contributed by atoms with E-state index in [0.717, 1.165) is 35.1 Å². The van der Waals surface area contributed by atoms with Gasteiger partial charge >= 0.3 is 0 Å². The van der Waals surface area contributed by atoms with Gasteiger partial charge < -0.3 is 4.42 Å². The van der Waals surface area contributed by atoms with E-state index >= 15 is 0 Å². The molecule has 0 amide bonds. The second kappa shape index (κ2) is 8.13. The second-order valence-corrected chi connectivity index (χ2v) is 8.24. The lowest BCUT2D eigenvalue weighted by Crippen LogP contribution is -2.18. The van der Waals surface area contributed by atoms with Crippen LogP contribution >= 0.6 is 11.8 Å². The number of hydrogen-bond acceptors (Lipinski definition) is 5. The molecule has 1 atom stereocenters. The molecular weight excluding hydrogens is 358 g/mol. The Morgan fingerprint density at radius 2 is 1.89 bits per heavy atom. The normalized spacial score (nSPS) is 16.3. The number of hydrogen-bond donors (Lipinski definition) is 0. The Bertz CT molecular complexity index is 884.